The summed E-state index contributed by atoms with van der Waals surface area (Å²) in [6.07, 6.45) is 0.673. The predicted octanol–water partition coefficient (Wildman–Crippen LogP) is 2.46. The molecular formula is C18H19N3O2S. The zero-order chi connectivity index (χ0) is 17.4. The molecule has 0 aliphatic heterocycles. The zero-order valence-electron chi connectivity index (χ0n) is 13.4. The first-order chi connectivity index (χ1) is 11.6. The first-order valence-corrected chi connectivity index (χ1v) is 8.50. The zero-order valence-corrected chi connectivity index (χ0v) is 14.3. The number of benzene rings is 1. The Morgan fingerprint density at radius 3 is 2.62 bits per heavy atom. The molecule has 1 atom stereocenters. The van der Waals surface area contributed by atoms with Crippen LogP contribution in [0.5, 0.6) is 0 Å². The van der Waals surface area contributed by atoms with Gasteiger partial charge in [0.1, 0.15) is 6.04 Å². The van der Waals surface area contributed by atoms with Gasteiger partial charge in [-0.2, -0.15) is 5.26 Å². The molecule has 0 saturated heterocycles. The van der Waals surface area contributed by atoms with Gasteiger partial charge in [0.25, 0.3) is 5.91 Å². The van der Waals surface area contributed by atoms with Crippen LogP contribution in [0.3, 0.4) is 0 Å². The van der Waals surface area contributed by atoms with Crippen LogP contribution in [0.1, 0.15) is 21.7 Å². The van der Waals surface area contributed by atoms with E-state index in [1.165, 1.54) is 16.2 Å². The summed E-state index contributed by atoms with van der Waals surface area (Å²) in [5, 5.41) is 13.3. The fourth-order valence-electron chi connectivity index (χ4n) is 2.28. The Morgan fingerprint density at radius 1 is 1.25 bits per heavy atom. The van der Waals surface area contributed by atoms with Crippen molar-refractivity contribution in [3.05, 3.63) is 58.3 Å². The maximum Gasteiger partial charge on any atom is 0.262 e. The maximum absolute atomic E-state index is 12.7. The molecule has 2 aromatic rings. The van der Waals surface area contributed by atoms with Crippen LogP contribution in [-0.2, 0) is 11.2 Å². The van der Waals surface area contributed by atoms with E-state index in [1.54, 1.807) is 19.2 Å². The third-order valence-electron chi connectivity index (χ3n) is 3.57. The smallest absolute Gasteiger partial charge is 0.262 e. The van der Waals surface area contributed by atoms with Gasteiger partial charge in [0.15, 0.2) is 0 Å². The molecule has 1 aromatic carbocycles. The van der Waals surface area contributed by atoms with Crippen LogP contribution < -0.4 is 5.32 Å². The molecule has 2 rings (SSSR count). The second-order valence-corrected chi connectivity index (χ2v) is 6.31. The molecule has 1 unspecified atom stereocenters. The molecule has 124 valence electrons. The highest BCUT2D eigenvalue weighted by atomic mass is 32.1. The number of nitrogens with one attached hydrogen (secondary N) is 1. The number of rotatable bonds is 7. The van der Waals surface area contributed by atoms with Gasteiger partial charge in [-0.1, -0.05) is 36.4 Å². The Balaban J connectivity index is 2.12. The van der Waals surface area contributed by atoms with E-state index in [4.69, 9.17) is 5.26 Å². The van der Waals surface area contributed by atoms with E-state index in [0.29, 0.717) is 17.8 Å². The molecule has 0 saturated carbocycles. The SMILES string of the molecule is CN(CCC#N)C(=O)C(Cc1ccccc1)NC(=O)c1cccs1. The molecule has 0 fully saturated rings. The summed E-state index contributed by atoms with van der Waals surface area (Å²) in [6.45, 7) is 0.343. The van der Waals surface area contributed by atoms with Crippen LogP contribution in [0.4, 0.5) is 0 Å². The van der Waals surface area contributed by atoms with Crippen LogP contribution >= 0.6 is 11.3 Å². The van der Waals surface area contributed by atoms with E-state index < -0.39 is 6.04 Å². The van der Waals surface area contributed by atoms with Gasteiger partial charge in [0.2, 0.25) is 5.91 Å². The van der Waals surface area contributed by atoms with Gasteiger partial charge in [-0.05, 0) is 17.0 Å². The molecule has 1 heterocycles. The minimum Gasteiger partial charge on any atom is -0.343 e. The minimum atomic E-state index is -0.661. The van der Waals surface area contributed by atoms with Crippen LogP contribution in [-0.4, -0.2) is 36.3 Å². The summed E-state index contributed by atoms with van der Waals surface area (Å²) in [6, 6.07) is 14.4. The number of hydrogen-bond acceptors (Lipinski definition) is 4. The van der Waals surface area contributed by atoms with E-state index in [0.717, 1.165) is 5.56 Å². The normalized spacial score (nSPS) is 11.3. The fourth-order valence-corrected chi connectivity index (χ4v) is 2.91. The van der Waals surface area contributed by atoms with Gasteiger partial charge in [-0.25, -0.2) is 0 Å². The Hall–Kier alpha value is -2.65. The monoisotopic (exact) mass is 341 g/mol. The highest BCUT2D eigenvalue weighted by molar-refractivity contribution is 7.12. The lowest BCUT2D eigenvalue weighted by molar-refractivity contribution is -0.131. The lowest BCUT2D eigenvalue weighted by Gasteiger charge is -2.24. The van der Waals surface area contributed by atoms with Gasteiger partial charge in [0, 0.05) is 20.0 Å². The molecule has 1 aromatic heterocycles. The van der Waals surface area contributed by atoms with Gasteiger partial charge in [0.05, 0.1) is 17.4 Å². The first kappa shape index (κ1) is 17.7. The van der Waals surface area contributed by atoms with Crippen molar-refractivity contribution in [2.45, 2.75) is 18.9 Å². The summed E-state index contributed by atoms with van der Waals surface area (Å²) in [5.41, 5.74) is 0.969. The fraction of sp³-hybridized carbons (Fsp3) is 0.278. The Kier molecular flexibility index (Phi) is 6.52. The van der Waals surface area contributed by atoms with Crippen molar-refractivity contribution in [2.24, 2.45) is 0 Å². The van der Waals surface area contributed by atoms with Crippen LogP contribution in [0, 0.1) is 11.3 Å². The number of likely N-dealkylation sites (N-methyl/N-ethyl adjacent to an activating group) is 1. The summed E-state index contributed by atoms with van der Waals surface area (Å²) < 4.78 is 0. The van der Waals surface area contributed by atoms with Crippen molar-refractivity contribution < 1.29 is 9.59 Å². The van der Waals surface area contributed by atoms with Crippen molar-refractivity contribution in [1.82, 2.24) is 10.2 Å². The summed E-state index contributed by atoms with van der Waals surface area (Å²) >= 11 is 1.33. The number of amides is 2. The second-order valence-electron chi connectivity index (χ2n) is 5.36. The molecular weight excluding hydrogens is 322 g/mol. The molecule has 5 nitrogen and oxygen atoms in total. The molecule has 0 aliphatic carbocycles. The largest absolute Gasteiger partial charge is 0.343 e. The van der Waals surface area contributed by atoms with E-state index in [1.807, 2.05) is 41.8 Å². The van der Waals surface area contributed by atoms with Crippen molar-refractivity contribution in [3.63, 3.8) is 0 Å². The van der Waals surface area contributed by atoms with Crippen molar-refractivity contribution in [2.75, 3.05) is 13.6 Å². The minimum absolute atomic E-state index is 0.195. The number of thiophene rings is 1. The van der Waals surface area contributed by atoms with E-state index >= 15 is 0 Å². The molecule has 2 amide bonds. The molecule has 0 spiro atoms. The summed E-state index contributed by atoms with van der Waals surface area (Å²) in [7, 11) is 1.65. The third kappa shape index (κ3) is 4.93. The molecule has 0 radical (unpaired) electrons. The third-order valence-corrected chi connectivity index (χ3v) is 4.43. The lowest BCUT2D eigenvalue weighted by atomic mass is 10.0. The van der Waals surface area contributed by atoms with Gasteiger partial charge >= 0.3 is 0 Å². The van der Waals surface area contributed by atoms with Crippen molar-refractivity contribution in [1.29, 1.82) is 5.26 Å². The number of nitriles is 1. The number of hydrogen-bond donors (Lipinski definition) is 1. The Bertz CT molecular complexity index is 708. The molecule has 0 aliphatic rings. The topological polar surface area (TPSA) is 73.2 Å². The lowest BCUT2D eigenvalue weighted by Crippen LogP contribution is -2.48. The highest BCUT2D eigenvalue weighted by Crippen LogP contribution is 2.11. The van der Waals surface area contributed by atoms with Crippen LogP contribution in [0.15, 0.2) is 47.8 Å². The molecule has 0 bridgehead atoms. The van der Waals surface area contributed by atoms with E-state index in [9.17, 15) is 9.59 Å². The van der Waals surface area contributed by atoms with Crippen LogP contribution in [0.2, 0.25) is 0 Å². The first-order valence-electron chi connectivity index (χ1n) is 7.62. The van der Waals surface area contributed by atoms with E-state index in [-0.39, 0.29) is 18.2 Å². The quantitative estimate of drug-likeness (QED) is 0.841. The van der Waals surface area contributed by atoms with Gasteiger partial charge in [-0.15, -0.1) is 11.3 Å². The highest BCUT2D eigenvalue weighted by Gasteiger charge is 2.25. The summed E-state index contributed by atoms with van der Waals surface area (Å²) in [4.78, 5) is 27.0. The summed E-state index contributed by atoms with van der Waals surface area (Å²) in [5.74, 6) is -0.452. The Morgan fingerprint density at radius 2 is 2.00 bits per heavy atom. The van der Waals surface area contributed by atoms with E-state index in [2.05, 4.69) is 5.32 Å². The van der Waals surface area contributed by atoms with Crippen molar-refractivity contribution >= 4 is 23.2 Å². The van der Waals surface area contributed by atoms with Gasteiger partial charge < -0.3 is 10.2 Å². The van der Waals surface area contributed by atoms with Gasteiger partial charge in [-0.3, -0.25) is 9.59 Å². The average molecular weight is 341 g/mol. The second kappa shape index (κ2) is 8.85. The standard InChI is InChI=1S/C18H19N3O2S/c1-21(11-6-10-19)18(23)15(13-14-7-3-2-4-8-14)20-17(22)16-9-5-12-24-16/h2-5,7-9,12,15H,6,11,13H2,1H3,(H,20,22). The van der Waals surface area contributed by atoms with Crippen LogP contribution in [0.25, 0.3) is 0 Å². The maximum atomic E-state index is 12.7. The number of nitrogens with zero attached hydrogens (tertiary/aromatic N) is 2. The average Bonchev–Trinajstić information content (AvgIpc) is 3.14. The number of carbonyl (C=O) groups excluding carboxylic acids is 2. The predicted molar refractivity (Wildman–Crippen MR) is 93.6 cm³/mol. The van der Waals surface area contributed by atoms with Crippen molar-refractivity contribution in [3.8, 4) is 6.07 Å². The molecule has 6 heteroatoms. The Labute approximate surface area is 145 Å². The number of carbonyl (C=O) groups is 2. The molecule has 24 heavy (non-hydrogen) atoms. The molecule has 1 N–H and O–H groups in total.